The largest absolute Gasteiger partial charge is 0.350 e. The van der Waals surface area contributed by atoms with Gasteiger partial charge < -0.3 is 10.2 Å². The minimum atomic E-state index is -0.621. The van der Waals surface area contributed by atoms with Crippen LogP contribution < -0.4 is 5.32 Å². The van der Waals surface area contributed by atoms with Gasteiger partial charge in [-0.15, -0.1) is 0 Å². The molecule has 0 aromatic heterocycles. The van der Waals surface area contributed by atoms with Gasteiger partial charge in [-0.1, -0.05) is 23.2 Å². The number of carbonyl (C=O) groups is 4. The van der Waals surface area contributed by atoms with Crippen molar-refractivity contribution in [2.24, 2.45) is 0 Å². The Morgan fingerprint density at radius 3 is 1.96 bits per heavy atom. The Bertz CT molecular complexity index is 761. The van der Waals surface area contributed by atoms with Crippen molar-refractivity contribution in [2.45, 2.75) is 26.3 Å². The molecule has 4 amide bonds. The molecule has 1 aliphatic rings. The smallest absolute Gasteiger partial charge is 0.262 e. The van der Waals surface area contributed by atoms with Crippen molar-refractivity contribution in [3.8, 4) is 0 Å². The molecule has 0 aliphatic carbocycles. The third kappa shape index (κ3) is 4.34. The first-order valence-electron chi connectivity index (χ1n) is 7.81. The van der Waals surface area contributed by atoms with Crippen molar-refractivity contribution < 1.29 is 19.2 Å². The Labute approximate surface area is 161 Å². The van der Waals surface area contributed by atoms with E-state index in [1.807, 2.05) is 20.8 Å². The molecule has 1 heterocycles. The second kappa shape index (κ2) is 7.25. The predicted molar refractivity (Wildman–Crippen MR) is 97.4 cm³/mol. The third-order valence-corrected chi connectivity index (χ3v) is 4.35. The summed E-state index contributed by atoms with van der Waals surface area (Å²) in [6.07, 6.45) is 0. The fourth-order valence-corrected chi connectivity index (χ4v) is 2.77. The van der Waals surface area contributed by atoms with Crippen molar-refractivity contribution in [1.82, 2.24) is 15.1 Å². The van der Waals surface area contributed by atoms with Gasteiger partial charge in [-0.25, -0.2) is 0 Å². The van der Waals surface area contributed by atoms with Gasteiger partial charge in [-0.05, 0) is 32.9 Å². The van der Waals surface area contributed by atoms with Crippen LogP contribution in [0, 0.1) is 0 Å². The maximum atomic E-state index is 12.4. The number of carbonyl (C=O) groups excluding carboxylic acids is 4. The molecule has 1 aromatic carbocycles. The summed E-state index contributed by atoms with van der Waals surface area (Å²) in [5.74, 6) is -2.12. The number of hydrogen-bond donors (Lipinski definition) is 1. The number of halogens is 2. The number of benzene rings is 1. The molecule has 9 heteroatoms. The van der Waals surface area contributed by atoms with E-state index in [2.05, 4.69) is 5.32 Å². The summed E-state index contributed by atoms with van der Waals surface area (Å²) >= 11 is 11.8. The Kier molecular flexibility index (Phi) is 5.63. The number of nitrogens with zero attached hydrogens (tertiary/aromatic N) is 2. The first-order valence-corrected chi connectivity index (χ1v) is 8.56. The maximum Gasteiger partial charge on any atom is 0.262 e. The van der Waals surface area contributed by atoms with Gasteiger partial charge in [0.25, 0.3) is 11.8 Å². The summed E-state index contributed by atoms with van der Waals surface area (Å²) in [5, 5.41) is 3.03. The topological polar surface area (TPSA) is 86.8 Å². The molecule has 0 saturated carbocycles. The van der Waals surface area contributed by atoms with E-state index in [-0.39, 0.29) is 33.6 Å². The van der Waals surface area contributed by atoms with E-state index >= 15 is 0 Å². The highest BCUT2D eigenvalue weighted by Crippen LogP contribution is 2.31. The van der Waals surface area contributed by atoms with Crippen LogP contribution in [0.2, 0.25) is 10.0 Å². The lowest BCUT2D eigenvalue weighted by Crippen LogP contribution is -2.48. The highest BCUT2D eigenvalue weighted by atomic mass is 35.5. The highest BCUT2D eigenvalue weighted by Gasteiger charge is 2.38. The first kappa shape index (κ1) is 20.2. The second-order valence-electron chi connectivity index (χ2n) is 7.06. The van der Waals surface area contributed by atoms with Crippen molar-refractivity contribution in [1.29, 1.82) is 0 Å². The molecule has 1 N–H and O–H groups in total. The van der Waals surface area contributed by atoms with Gasteiger partial charge in [0.15, 0.2) is 0 Å². The van der Waals surface area contributed by atoms with Crippen LogP contribution in [0.3, 0.4) is 0 Å². The van der Waals surface area contributed by atoms with Crippen LogP contribution in [0.25, 0.3) is 0 Å². The van der Waals surface area contributed by atoms with Crippen LogP contribution in [0.15, 0.2) is 12.1 Å². The summed E-state index contributed by atoms with van der Waals surface area (Å²) in [5.41, 5.74) is -0.224. The first-order chi connectivity index (χ1) is 11.9. The molecule has 26 heavy (non-hydrogen) atoms. The second-order valence-corrected chi connectivity index (χ2v) is 7.87. The number of likely N-dealkylation sites (N-methyl/N-ethyl adjacent to an activating group) is 1. The van der Waals surface area contributed by atoms with E-state index < -0.39 is 29.8 Å². The minimum Gasteiger partial charge on any atom is -0.350 e. The molecule has 1 aromatic rings. The molecular formula is C17H19Cl2N3O4. The standard InChI is InChI=1S/C17H19Cl2N3O4/c1-17(2,3)20-13(23)7-21(4)14(24)8-22-15(25)9-5-11(18)12(19)6-10(9)16(22)26/h5-6H,7-8H2,1-4H3,(H,20,23). The lowest BCUT2D eigenvalue weighted by Gasteiger charge is -2.24. The van der Waals surface area contributed by atoms with Crippen molar-refractivity contribution in [2.75, 3.05) is 20.1 Å². The fraction of sp³-hybridized carbons (Fsp3) is 0.412. The molecule has 0 unspecified atom stereocenters. The third-order valence-electron chi connectivity index (χ3n) is 3.63. The van der Waals surface area contributed by atoms with Gasteiger partial charge in [0.05, 0.1) is 27.7 Å². The molecule has 140 valence electrons. The summed E-state index contributed by atoms with van der Waals surface area (Å²) in [6.45, 7) is 4.81. The van der Waals surface area contributed by atoms with E-state index in [4.69, 9.17) is 23.2 Å². The zero-order chi connectivity index (χ0) is 19.8. The van der Waals surface area contributed by atoms with E-state index in [1.54, 1.807) is 0 Å². The van der Waals surface area contributed by atoms with Gasteiger partial charge in [-0.2, -0.15) is 0 Å². The molecule has 0 atom stereocenters. The molecule has 0 bridgehead atoms. The monoisotopic (exact) mass is 399 g/mol. The predicted octanol–water partition coefficient (Wildman–Crippen LogP) is 1.96. The van der Waals surface area contributed by atoms with Crippen molar-refractivity contribution in [3.63, 3.8) is 0 Å². The van der Waals surface area contributed by atoms with Gasteiger partial charge in [0, 0.05) is 12.6 Å². The lowest BCUT2D eigenvalue weighted by molar-refractivity contribution is -0.135. The van der Waals surface area contributed by atoms with Crippen molar-refractivity contribution in [3.05, 3.63) is 33.3 Å². The average Bonchev–Trinajstić information content (AvgIpc) is 2.71. The summed E-state index contributed by atoms with van der Waals surface area (Å²) in [6, 6.07) is 2.62. The number of amides is 4. The molecule has 1 aliphatic heterocycles. The summed E-state index contributed by atoms with van der Waals surface area (Å²) in [7, 11) is 1.43. The van der Waals surface area contributed by atoms with Crippen LogP contribution in [-0.4, -0.2) is 59.1 Å². The number of rotatable bonds is 4. The van der Waals surface area contributed by atoms with E-state index in [0.29, 0.717) is 0 Å². The SMILES string of the molecule is CN(CC(=O)NC(C)(C)C)C(=O)CN1C(=O)c2cc(Cl)c(Cl)cc2C1=O. The highest BCUT2D eigenvalue weighted by molar-refractivity contribution is 6.43. The molecule has 0 saturated heterocycles. The normalized spacial score (nSPS) is 13.7. The lowest BCUT2D eigenvalue weighted by atomic mass is 10.1. The Morgan fingerprint density at radius 2 is 1.54 bits per heavy atom. The number of hydrogen-bond acceptors (Lipinski definition) is 4. The summed E-state index contributed by atoms with van der Waals surface area (Å²) < 4.78 is 0. The van der Waals surface area contributed by atoms with Gasteiger partial charge in [0.1, 0.15) is 6.54 Å². The number of imide groups is 1. The van der Waals surface area contributed by atoms with Gasteiger partial charge >= 0.3 is 0 Å². The molecular weight excluding hydrogens is 381 g/mol. The quantitative estimate of drug-likeness (QED) is 0.783. The fourth-order valence-electron chi connectivity index (χ4n) is 2.44. The molecule has 0 radical (unpaired) electrons. The zero-order valence-electron chi connectivity index (χ0n) is 14.9. The Balaban J connectivity index is 2.07. The molecule has 2 rings (SSSR count). The maximum absolute atomic E-state index is 12.4. The Hall–Kier alpha value is -2.12. The van der Waals surface area contributed by atoms with Crippen LogP contribution in [0.4, 0.5) is 0 Å². The number of nitrogens with one attached hydrogen (secondary N) is 1. The average molecular weight is 400 g/mol. The Morgan fingerprint density at radius 1 is 1.08 bits per heavy atom. The van der Waals surface area contributed by atoms with Crippen LogP contribution in [0.1, 0.15) is 41.5 Å². The van der Waals surface area contributed by atoms with Gasteiger partial charge in [-0.3, -0.25) is 24.1 Å². The van der Waals surface area contributed by atoms with Gasteiger partial charge in [0.2, 0.25) is 11.8 Å². The van der Waals surface area contributed by atoms with E-state index in [1.165, 1.54) is 19.2 Å². The van der Waals surface area contributed by atoms with E-state index in [9.17, 15) is 19.2 Å². The summed E-state index contributed by atoms with van der Waals surface area (Å²) in [4.78, 5) is 51.0. The molecule has 0 spiro atoms. The van der Waals surface area contributed by atoms with Crippen molar-refractivity contribution >= 4 is 46.8 Å². The van der Waals surface area contributed by atoms with Crippen LogP contribution in [-0.2, 0) is 9.59 Å². The molecule has 0 fully saturated rings. The van der Waals surface area contributed by atoms with E-state index in [0.717, 1.165) is 9.80 Å². The number of fused-ring (bicyclic) bond motifs is 1. The zero-order valence-corrected chi connectivity index (χ0v) is 16.4. The van der Waals surface area contributed by atoms with Crippen LogP contribution >= 0.6 is 23.2 Å². The van der Waals surface area contributed by atoms with Crippen LogP contribution in [0.5, 0.6) is 0 Å². The molecule has 7 nitrogen and oxygen atoms in total. The minimum absolute atomic E-state index is 0.102.